The first-order chi connectivity index (χ1) is 18.8. The van der Waals surface area contributed by atoms with Crippen LogP contribution in [0.25, 0.3) is 0 Å². The predicted molar refractivity (Wildman–Crippen MR) is 154 cm³/mol. The summed E-state index contributed by atoms with van der Waals surface area (Å²) < 4.78 is 0. The van der Waals surface area contributed by atoms with Gasteiger partial charge in [-0.2, -0.15) is 0 Å². The lowest BCUT2D eigenvalue weighted by atomic mass is 10.0. The fraction of sp³-hybridized carbons (Fsp3) is 0.633. The summed E-state index contributed by atoms with van der Waals surface area (Å²) in [6, 6.07) is 4.46. The second-order valence-corrected chi connectivity index (χ2v) is 12.1. The van der Waals surface area contributed by atoms with E-state index in [2.05, 4.69) is 24.5 Å². The number of hydrogen-bond donors (Lipinski definition) is 2. The molecule has 2 aliphatic heterocycles. The van der Waals surface area contributed by atoms with Crippen molar-refractivity contribution >= 4 is 35.1 Å². The molecule has 220 valence electrons. The van der Waals surface area contributed by atoms with Gasteiger partial charge in [-0.25, -0.2) is 0 Å². The number of carbonyl (C=O) groups is 5. The van der Waals surface area contributed by atoms with Crippen molar-refractivity contribution in [3.63, 3.8) is 0 Å². The van der Waals surface area contributed by atoms with Gasteiger partial charge >= 0.3 is 0 Å². The number of fused-ring (bicyclic) bond motifs is 1. The number of Topliss-reactive ketones (excluding diaryl/α,β-unsaturated/α-hetero) is 1. The molecule has 0 saturated carbocycles. The maximum Gasteiger partial charge on any atom is 0.251 e. The van der Waals surface area contributed by atoms with Crippen LogP contribution in [0, 0.1) is 11.8 Å². The average Bonchev–Trinajstić information content (AvgIpc) is 3.46. The lowest BCUT2D eigenvalue weighted by Gasteiger charge is -2.30. The van der Waals surface area contributed by atoms with Gasteiger partial charge in [0.15, 0.2) is 5.78 Å². The van der Waals surface area contributed by atoms with E-state index in [1.165, 1.54) is 6.92 Å². The van der Waals surface area contributed by atoms with Gasteiger partial charge in [0.2, 0.25) is 17.7 Å². The number of hydrogen-bond acceptors (Lipinski definition) is 6. The quantitative estimate of drug-likeness (QED) is 0.432. The number of likely N-dealkylation sites (tertiary alicyclic amines) is 2. The largest absolute Gasteiger partial charge is 0.378 e. The Morgan fingerprint density at radius 3 is 2.08 bits per heavy atom. The molecule has 0 bridgehead atoms. The molecule has 0 unspecified atom stereocenters. The number of nitrogens with one attached hydrogen (secondary N) is 2. The SMILES string of the molecule is CC(=O)N[C@@H](CCC(C)C)C(=O)N1CC(=O)[C@@H]2[C@H]1CCN2C(=O)[C@H](CC(C)C)NC(=O)c1ccc(N(C)C)cc1. The third-order valence-corrected chi connectivity index (χ3v) is 7.65. The lowest BCUT2D eigenvalue weighted by molar-refractivity contribution is -0.138. The number of carbonyl (C=O) groups excluding carboxylic acids is 5. The fourth-order valence-corrected chi connectivity index (χ4v) is 5.61. The van der Waals surface area contributed by atoms with Crippen molar-refractivity contribution < 1.29 is 24.0 Å². The highest BCUT2D eigenvalue weighted by Gasteiger charge is 2.53. The number of amides is 4. The van der Waals surface area contributed by atoms with Gasteiger partial charge in [0.1, 0.15) is 18.1 Å². The molecular weight excluding hydrogens is 510 g/mol. The molecule has 2 heterocycles. The van der Waals surface area contributed by atoms with Crippen molar-refractivity contribution in [2.75, 3.05) is 32.1 Å². The number of rotatable bonds is 11. The standard InChI is InChI=1S/C30H45N5O5/c1-18(2)8-13-23(31-20(5)36)29(39)35-17-26(37)27-25(35)14-15-34(27)30(40)24(16-19(3)4)32-28(38)21-9-11-22(12-10-21)33(6)7/h9-12,18-19,23-25,27H,8,13-17H2,1-7H3,(H,31,36)(H,32,38)/t23-,24-,25+,27-/m0/s1. The molecule has 2 N–H and O–H groups in total. The Balaban J connectivity index is 1.76. The summed E-state index contributed by atoms with van der Waals surface area (Å²) in [4.78, 5) is 70.4. The van der Waals surface area contributed by atoms with Crippen molar-refractivity contribution in [2.45, 2.75) is 84.5 Å². The predicted octanol–water partition coefficient (Wildman–Crippen LogP) is 2.22. The van der Waals surface area contributed by atoms with E-state index in [0.717, 1.165) is 12.1 Å². The molecule has 2 aliphatic rings. The van der Waals surface area contributed by atoms with E-state index in [1.54, 1.807) is 21.9 Å². The zero-order valence-corrected chi connectivity index (χ0v) is 24.9. The molecule has 4 amide bonds. The Morgan fingerprint density at radius 2 is 1.52 bits per heavy atom. The molecule has 3 rings (SSSR count). The first-order valence-corrected chi connectivity index (χ1v) is 14.3. The van der Waals surface area contributed by atoms with Crippen molar-refractivity contribution in [3.05, 3.63) is 29.8 Å². The van der Waals surface area contributed by atoms with Crippen LogP contribution in [-0.4, -0.2) is 90.6 Å². The van der Waals surface area contributed by atoms with E-state index in [9.17, 15) is 24.0 Å². The summed E-state index contributed by atoms with van der Waals surface area (Å²) in [5, 5.41) is 5.66. The number of nitrogens with zero attached hydrogens (tertiary/aromatic N) is 3. The summed E-state index contributed by atoms with van der Waals surface area (Å²) in [6.45, 7) is 9.67. The zero-order chi connectivity index (χ0) is 29.7. The number of ketones is 1. The van der Waals surface area contributed by atoms with E-state index in [4.69, 9.17) is 0 Å². The summed E-state index contributed by atoms with van der Waals surface area (Å²) in [5.74, 6) is -0.937. The van der Waals surface area contributed by atoms with E-state index in [1.807, 2.05) is 45.0 Å². The van der Waals surface area contributed by atoms with Crippen LogP contribution in [0.3, 0.4) is 0 Å². The molecule has 0 spiro atoms. The molecule has 0 aliphatic carbocycles. The second-order valence-electron chi connectivity index (χ2n) is 12.1. The van der Waals surface area contributed by atoms with E-state index in [-0.39, 0.29) is 41.9 Å². The smallest absolute Gasteiger partial charge is 0.251 e. The highest BCUT2D eigenvalue weighted by atomic mass is 16.2. The molecule has 1 aromatic rings. The Labute approximate surface area is 237 Å². The number of benzene rings is 1. The van der Waals surface area contributed by atoms with Gasteiger partial charge in [-0.15, -0.1) is 0 Å². The van der Waals surface area contributed by atoms with Crippen LogP contribution in [0.15, 0.2) is 24.3 Å². The Morgan fingerprint density at radius 1 is 0.900 bits per heavy atom. The third kappa shape index (κ3) is 7.40. The minimum Gasteiger partial charge on any atom is -0.378 e. The van der Waals surface area contributed by atoms with Crippen molar-refractivity contribution in [2.24, 2.45) is 11.8 Å². The van der Waals surface area contributed by atoms with Gasteiger partial charge in [-0.3, -0.25) is 24.0 Å². The summed E-state index contributed by atoms with van der Waals surface area (Å²) >= 11 is 0. The summed E-state index contributed by atoms with van der Waals surface area (Å²) in [5.41, 5.74) is 1.41. The van der Waals surface area contributed by atoms with Crippen LogP contribution in [0.5, 0.6) is 0 Å². The summed E-state index contributed by atoms with van der Waals surface area (Å²) in [7, 11) is 3.83. The first kappa shape index (κ1) is 31.1. The van der Waals surface area contributed by atoms with Gasteiger partial charge in [0.05, 0.1) is 12.6 Å². The maximum atomic E-state index is 13.8. The second kappa shape index (κ2) is 13.3. The van der Waals surface area contributed by atoms with Crippen LogP contribution in [-0.2, 0) is 19.2 Å². The van der Waals surface area contributed by atoms with Crippen LogP contribution in [0.2, 0.25) is 0 Å². The van der Waals surface area contributed by atoms with Crippen molar-refractivity contribution in [3.8, 4) is 0 Å². The minimum absolute atomic E-state index is 0.0882. The minimum atomic E-state index is -0.796. The Hall–Kier alpha value is -3.43. The van der Waals surface area contributed by atoms with Gasteiger partial charge in [-0.05, 0) is 61.8 Å². The van der Waals surface area contributed by atoms with E-state index < -0.39 is 24.2 Å². The van der Waals surface area contributed by atoms with Crippen molar-refractivity contribution in [1.82, 2.24) is 20.4 Å². The van der Waals surface area contributed by atoms with E-state index >= 15 is 0 Å². The molecule has 4 atom stereocenters. The molecular formula is C30H45N5O5. The van der Waals surface area contributed by atoms with Crippen LogP contribution in [0.1, 0.15) is 70.7 Å². The van der Waals surface area contributed by atoms with Crippen molar-refractivity contribution in [1.29, 1.82) is 0 Å². The lowest BCUT2D eigenvalue weighted by Crippen LogP contribution is -2.53. The summed E-state index contributed by atoms with van der Waals surface area (Å²) in [6.07, 6.45) is 2.13. The Kier molecular flexibility index (Phi) is 10.3. The van der Waals surface area contributed by atoms with E-state index in [0.29, 0.717) is 37.3 Å². The topological polar surface area (TPSA) is 119 Å². The molecule has 10 nitrogen and oxygen atoms in total. The van der Waals surface area contributed by atoms with Gasteiger partial charge < -0.3 is 25.3 Å². The van der Waals surface area contributed by atoms with Gasteiger partial charge in [0, 0.05) is 38.8 Å². The molecule has 2 saturated heterocycles. The molecule has 0 radical (unpaired) electrons. The molecule has 10 heteroatoms. The van der Waals surface area contributed by atoms with Crippen LogP contribution in [0.4, 0.5) is 5.69 Å². The first-order valence-electron chi connectivity index (χ1n) is 14.3. The molecule has 1 aromatic carbocycles. The highest BCUT2D eigenvalue weighted by Crippen LogP contribution is 2.31. The molecule has 2 fully saturated rings. The average molecular weight is 556 g/mol. The molecule has 40 heavy (non-hydrogen) atoms. The maximum absolute atomic E-state index is 13.8. The number of anilines is 1. The van der Waals surface area contributed by atoms with Gasteiger partial charge in [-0.1, -0.05) is 27.7 Å². The highest BCUT2D eigenvalue weighted by molar-refractivity contribution is 6.01. The Bertz CT molecular complexity index is 1100. The zero-order valence-electron chi connectivity index (χ0n) is 24.9. The molecule has 0 aromatic heterocycles. The van der Waals surface area contributed by atoms with Gasteiger partial charge in [0.25, 0.3) is 5.91 Å². The third-order valence-electron chi connectivity index (χ3n) is 7.65. The normalized spacial score (nSPS) is 20.0. The van der Waals surface area contributed by atoms with Crippen LogP contribution >= 0.6 is 0 Å². The van der Waals surface area contributed by atoms with Crippen LogP contribution < -0.4 is 15.5 Å². The monoisotopic (exact) mass is 555 g/mol. The fourth-order valence-electron chi connectivity index (χ4n) is 5.61.